The Bertz CT molecular complexity index is 216. The lowest BCUT2D eigenvalue weighted by Gasteiger charge is -2.34. The Balaban J connectivity index is 2.29. The highest BCUT2D eigenvalue weighted by Gasteiger charge is 2.26. The Morgan fingerprint density at radius 3 is 2.20 bits per heavy atom. The molecule has 20 heavy (non-hydrogen) atoms. The molecule has 1 unspecified atom stereocenters. The SMILES string of the molecule is CCCCC1CCC(C(CCCC(C)C)NCC)CC1. The third-order valence-electron chi connectivity index (χ3n) is 5.19. The fourth-order valence-electron chi connectivity index (χ4n) is 3.88. The molecule has 1 rings (SSSR count). The molecule has 0 saturated heterocycles. The summed E-state index contributed by atoms with van der Waals surface area (Å²) < 4.78 is 0. The second-order valence-corrected chi connectivity index (χ2v) is 7.41. The number of nitrogens with one attached hydrogen (secondary N) is 1. The first-order valence-electron chi connectivity index (χ1n) is 9.40. The third-order valence-corrected chi connectivity index (χ3v) is 5.19. The van der Waals surface area contributed by atoms with E-state index in [0.717, 1.165) is 30.3 Å². The van der Waals surface area contributed by atoms with Gasteiger partial charge in [0.05, 0.1) is 0 Å². The smallest absolute Gasteiger partial charge is 0.00952 e. The molecular formula is C19H39N. The van der Waals surface area contributed by atoms with E-state index in [4.69, 9.17) is 0 Å². The van der Waals surface area contributed by atoms with Crippen molar-refractivity contribution in [2.45, 2.75) is 97.9 Å². The number of unbranched alkanes of at least 4 members (excludes halogenated alkanes) is 1. The predicted octanol–water partition coefficient (Wildman–Crippen LogP) is 5.79. The minimum absolute atomic E-state index is 0.797. The van der Waals surface area contributed by atoms with Crippen LogP contribution in [0, 0.1) is 17.8 Å². The highest BCUT2D eigenvalue weighted by Crippen LogP contribution is 2.34. The van der Waals surface area contributed by atoms with Crippen molar-refractivity contribution in [2.24, 2.45) is 17.8 Å². The summed E-state index contributed by atoms with van der Waals surface area (Å²) in [7, 11) is 0. The van der Waals surface area contributed by atoms with Gasteiger partial charge in [-0.2, -0.15) is 0 Å². The van der Waals surface area contributed by atoms with E-state index in [9.17, 15) is 0 Å². The van der Waals surface area contributed by atoms with Gasteiger partial charge < -0.3 is 5.32 Å². The fourth-order valence-corrected chi connectivity index (χ4v) is 3.88. The van der Waals surface area contributed by atoms with Gasteiger partial charge >= 0.3 is 0 Å². The number of hydrogen-bond acceptors (Lipinski definition) is 1. The van der Waals surface area contributed by atoms with Crippen LogP contribution in [0.2, 0.25) is 0 Å². The zero-order chi connectivity index (χ0) is 14.8. The Morgan fingerprint density at radius 1 is 0.950 bits per heavy atom. The maximum atomic E-state index is 3.78. The van der Waals surface area contributed by atoms with Crippen molar-refractivity contribution in [1.29, 1.82) is 0 Å². The average molecular weight is 282 g/mol. The molecule has 0 amide bonds. The highest BCUT2D eigenvalue weighted by molar-refractivity contribution is 4.82. The summed E-state index contributed by atoms with van der Waals surface area (Å²) in [6.45, 7) is 10.4. The summed E-state index contributed by atoms with van der Waals surface area (Å²) in [6.07, 6.45) is 14.5. The molecule has 0 aliphatic heterocycles. The quantitative estimate of drug-likeness (QED) is 0.534. The average Bonchev–Trinajstić information content (AvgIpc) is 2.44. The third kappa shape index (κ3) is 7.11. The standard InChI is InChI=1S/C19H39N/c1-5-7-10-17-12-14-18(15-13-17)19(20-6-2)11-8-9-16(3)4/h16-20H,5-15H2,1-4H3. The molecule has 1 aliphatic carbocycles. The second kappa shape index (κ2) is 10.7. The van der Waals surface area contributed by atoms with E-state index < -0.39 is 0 Å². The molecule has 1 nitrogen and oxygen atoms in total. The van der Waals surface area contributed by atoms with Crippen LogP contribution in [0.1, 0.15) is 91.9 Å². The molecule has 1 heteroatoms. The van der Waals surface area contributed by atoms with Gasteiger partial charge in [0.25, 0.3) is 0 Å². The fraction of sp³-hybridized carbons (Fsp3) is 1.00. The molecule has 0 heterocycles. The van der Waals surface area contributed by atoms with Crippen molar-refractivity contribution < 1.29 is 0 Å². The Labute approximate surface area is 128 Å². The van der Waals surface area contributed by atoms with Crippen LogP contribution in [0.25, 0.3) is 0 Å². The largest absolute Gasteiger partial charge is 0.314 e. The minimum atomic E-state index is 0.797. The predicted molar refractivity (Wildman–Crippen MR) is 91.1 cm³/mol. The second-order valence-electron chi connectivity index (χ2n) is 7.41. The van der Waals surface area contributed by atoms with Gasteiger partial charge in [-0.05, 0) is 43.6 Å². The van der Waals surface area contributed by atoms with Crippen LogP contribution in [0.3, 0.4) is 0 Å². The normalized spacial score (nSPS) is 25.1. The van der Waals surface area contributed by atoms with Gasteiger partial charge in [-0.3, -0.25) is 0 Å². The molecule has 0 aromatic carbocycles. The molecule has 1 N–H and O–H groups in total. The van der Waals surface area contributed by atoms with Crippen molar-refractivity contribution >= 4 is 0 Å². The van der Waals surface area contributed by atoms with Crippen molar-refractivity contribution in [3.05, 3.63) is 0 Å². The van der Waals surface area contributed by atoms with Gasteiger partial charge in [-0.25, -0.2) is 0 Å². The molecule has 1 saturated carbocycles. The van der Waals surface area contributed by atoms with Gasteiger partial charge in [0.1, 0.15) is 0 Å². The van der Waals surface area contributed by atoms with Crippen LogP contribution in [-0.4, -0.2) is 12.6 Å². The van der Waals surface area contributed by atoms with Gasteiger partial charge in [-0.15, -0.1) is 0 Å². The van der Waals surface area contributed by atoms with E-state index >= 15 is 0 Å². The van der Waals surface area contributed by atoms with Crippen LogP contribution in [0.5, 0.6) is 0 Å². The molecule has 0 radical (unpaired) electrons. The van der Waals surface area contributed by atoms with Gasteiger partial charge in [0.2, 0.25) is 0 Å². The van der Waals surface area contributed by atoms with E-state index in [1.165, 1.54) is 64.2 Å². The number of rotatable bonds is 10. The molecule has 1 fully saturated rings. The summed E-state index contributed by atoms with van der Waals surface area (Å²) in [6, 6.07) is 0.797. The summed E-state index contributed by atoms with van der Waals surface area (Å²) >= 11 is 0. The summed E-state index contributed by atoms with van der Waals surface area (Å²) in [5.74, 6) is 2.87. The molecule has 0 aromatic heterocycles. The van der Waals surface area contributed by atoms with Crippen LogP contribution in [-0.2, 0) is 0 Å². The Kier molecular flexibility index (Phi) is 9.59. The highest BCUT2D eigenvalue weighted by atomic mass is 14.9. The molecule has 1 aliphatic rings. The van der Waals surface area contributed by atoms with Crippen molar-refractivity contribution in [3.8, 4) is 0 Å². The van der Waals surface area contributed by atoms with Crippen molar-refractivity contribution in [2.75, 3.05) is 6.54 Å². The van der Waals surface area contributed by atoms with Gasteiger partial charge in [0, 0.05) is 6.04 Å². The van der Waals surface area contributed by atoms with Gasteiger partial charge in [-0.1, -0.05) is 72.6 Å². The first-order valence-corrected chi connectivity index (χ1v) is 9.40. The molecule has 120 valence electrons. The Hall–Kier alpha value is -0.0400. The lowest BCUT2D eigenvalue weighted by molar-refractivity contribution is 0.204. The minimum Gasteiger partial charge on any atom is -0.314 e. The first-order chi connectivity index (χ1) is 9.67. The van der Waals surface area contributed by atoms with Crippen LogP contribution >= 0.6 is 0 Å². The van der Waals surface area contributed by atoms with Gasteiger partial charge in [0.15, 0.2) is 0 Å². The van der Waals surface area contributed by atoms with E-state index in [0.29, 0.717) is 0 Å². The Morgan fingerprint density at radius 2 is 1.65 bits per heavy atom. The van der Waals surface area contributed by atoms with Crippen molar-refractivity contribution in [3.63, 3.8) is 0 Å². The van der Waals surface area contributed by atoms with E-state index in [1.807, 2.05) is 0 Å². The van der Waals surface area contributed by atoms with E-state index in [1.54, 1.807) is 0 Å². The van der Waals surface area contributed by atoms with E-state index in [2.05, 4.69) is 33.0 Å². The van der Waals surface area contributed by atoms with E-state index in [-0.39, 0.29) is 0 Å². The van der Waals surface area contributed by atoms with Crippen LogP contribution in [0.15, 0.2) is 0 Å². The maximum Gasteiger partial charge on any atom is 0.00952 e. The lowest BCUT2D eigenvalue weighted by Crippen LogP contribution is -2.38. The maximum absolute atomic E-state index is 3.78. The molecule has 0 bridgehead atoms. The zero-order valence-electron chi connectivity index (χ0n) is 14.6. The van der Waals surface area contributed by atoms with Crippen LogP contribution < -0.4 is 5.32 Å². The summed E-state index contributed by atoms with van der Waals surface area (Å²) in [5, 5.41) is 3.78. The van der Waals surface area contributed by atoms with Crippen LogP contribution in [0.4, 0.5) is 0 Å². The summed E-state index contributed by atoms with van der Waals surface area (Å²) in [5.41, 5.74) is 0. The van der Waals surface area contributed by atoms with Crippen molar-refractivity contribution in [1.82, 2.24) is 5.32 Å². The molecule has 1 atom stereocenters. The number of hydrogen-bond donors (Lipinski definition) is 1. The summed E-state index contributed by atoms with van der Waals surface area (Å²) in [4.78, 5) is 0. The topological polar surface area (TPSA) is 12.0 Å². The monoisotopic (exact) mass is 281 g/mol. The molecule has 0 spiro atoms. The first kappa shape index (κ1) is 18.0. The molecular weight excluding hydrogens is 242 g/mol. The lowest BCUT2D eigenvalue weighted by atomic mass is 9.75. The zero-order valence-corrected chi connectivity index (χ0v) is 14.6. The molecule has 0 aromatic rings.